The first-order valence-electron chi connectivity index (χ1n) is 5.53. The molecule has 1 saturated carbocycles. The molecule has 4 nitrogen and oxygen atoms in total. The first-order chi connectivity index (χ1) is 8.08. The van der Waals surface area contributed by atoms with Gasteiger partial charge < -0.3 is 14.6 Å². The quantitative estimate of drug-likeness (QED) is 0.870. The number of hydrogen-bond acceptors (Lipinski definition) is 3. The fourth-order valence-electron chi connectivity index (χ4n) is 2.18. The standard InChI is InChI=1S/C13H16O4/c1-7-4-12(17-3)9(6-11(7)16-2)8-5-10(8)13(14)15/h4,6,8,10H,5H2,1-3H3,(H,14,15). The highest BCUT2D eigenvalue weighted by Gasteiger charge is 2.45. The highest BCUT2D eigenvalue weighted by molar-refractivity contribution is 5.76. The average molecular weight is 236 g/mol. The lowest BCUT2D eigenvalue weighted by molar-refractivity contribution is -0.138. The number of carbonyl (C=O) groups is 1. The molecule has 0 aromatic heterocycles. The van der Waals surface area contributed by atoms with Gasteiger partial charge in [-0.3, -0.25) is 4.79 Å². The Hall–Kier alpha value is -1.71. The van der Waals surface area contributed by atoms with Crippen LogP contribution in [0.5, 0.6) is 11.5 Å². The Morgan fingerprint density at radius 3 is 2.41 bits per heavy atom. The first kappa shape index (κ1) is 11.8. The summed E-state index contributed by atoms with van der Waals surface area (Å²) in [5.74, 6) is 0.554. The van der Waals surface area contributed by atoms with Crippen LogP contribution >= 0.6 is 0 Å². The highest BCUT2D eigenvalue weighted by Crippen LogP contribution is 2.51. The van der Waals surface area contributed by atoms with Gasteiger partial charge in [-0.05, 0) is 31.0 Å². The first-order valence-corrected chi connectivity index (χ1v) is 5.53. The zero-order valence-corrected chi connectivity index (χ0v) is 10.2. The number of rotatable bonds is 4. The lowest BCUT2D eigenvalue weighted by Gasteiger charge is -2.12. The summed E-state index contributed by atoms with van der Waals surface area (Å²) in [5, 5.41) is 8.96. The summed E-state index contributed by atoms with van der Waals surface area (Å²) in [6.45, 7) is 1.94. The number of aryl methyl sites for hydroxylation is 1. The molecule has 1 fully saturated rings. The molecule has 0 radical (unpaired) electrons. The summed E-state index contributed by atoms with van der Waals surface area (Å²) in [6.07, 6.45) is 0.678. The summed E-state index contributed by atoms with van der Waals surface area (Å²) in [5.41, 5.74) is 1.92. The molecule has 92 valence electrons. The van der Waals surface area contributed by atoms with Crippen LogP contribution in [0.1, 0.15) is 23.5 Å². The molecule has 0 bridgehead atoms. The van der Waals surface area contributed by atoms with Gasteiger partial charge in [0.2, 0.25) is 0 Å². The molecule has 2 rings (SSSR count). The van der Waals surface area contributed by atoms with Crippen molar-refractivity contribution in [3.8, 4) is 11.5 Å². The number of carboxylic acid groups (broad SMARTS) is 1. The van der Waals surface area contributed by atoms with Crippen molar-refractivity contribution >= 4 is 5.97 Å². The van der Waals surface area contributed by atoms with E-state index in [0.29, 0.717) is 6.42 Å². The summed E-state index contributed by atoms with van der Waals surface area (Å²) >= 11 is 0. The fraction of sp³-hybridized carbons (Fsp3) is 0.462. The van der Waals surface area contributed by atoms with Crippen LogP contribution in [-0.2, 0) is 4.79 Å². The number of ether oxygens (including phenoxy) is 2. The topological polar surface area (TPSA) is 55.8 Å². The molecular weight excluding hydrogens is 220 g/mol. The molecule has 1 aromatic carbocycles. The van der Waals surface area contributed by atoms with Gasteiger partial charge in [0, 0.05) is 11.5 Å². The molecule has 0 heterocycles. The van der Waals surface area contributed by atoms with Gasteiger partial charge in [0.05, 0.1) is 20.1 Å². The molecule has 17 heavy (non-hydrogen) atoms. The van der Waals surface area contributed by atoms with Crippen LogP contribution in [0.3, 0.4) is 0 Å². The van der Waals surface area contributed by atoms with Crippen LogP contribution < -0.4 is 9.47 Å². The Balaban J connectivity index is 2.36. The van der Waals surface area contributed by atoms with Crippen LogP contribution in [0.15, 0.2) is 12.1 Å². The number of carboxylic acids is 1. The number of aliphatic carboxylic acids is 1. The van der Waals surface area contributed by atoms with E-state index in [1.165, 1.54) is 0 Å². The van der Waals surface area contributed by atoms with Crippen molar-refractivity contribution < 1.29 is 19.4 Å². The molecule has 2 unspecified atom stereocenters. The van der Waals surface area contributed by atoms with E-state index in [9.17, 15) is 4.79 Å². The van der Waals surface area contributed by atoms with Gasteiger partial charge in [-0.2, -0.15) is 0 Å². The number of benzene rings is 1. The summed E-state index contributed by atoms with van der Waals surface area (Å²) in [6, 6.07) is 3.78. The zero-order valence-electron chi connectivity index (χ0n) is 10.2. The van der Waals surface area contributed by atoms with Gasteiger partial charge in [0.15, 0.2) is 0 Å². The van der Waals surface area contributed by atoms with E-state index >= 15 is 0 Å². The monoisotopic (exact) mass is 236 g/mol. The van der Waals surface area contributed by atoms with E-state index in [1.807, 2.05) is 19.1 Å². The molecule has 0 aliphatic heterocycles. The second-order valence-electron chi connectivity index (χ2n) is 4.35. The summed E-state index contributed by atoms with van der Waals surface area (Å²) in [7, 11) is 3.21. The van der Waals surface area contributed by atoms with Crippen molar-refractivity contribution in [2.75, 3.05) is 14.2 Å². The zero-order chi connectivity index (χ0) is 12.6. The molecule has 4 heteroatoms. The smallest absolute Gasteiger partial charge is 0.307 e. The van der Waals surface area contributed by atoms with E-state index in [-0.39, 0.29) is 11.8 Å². The number of hydrogen-bond donors (Lipinski definition) is 1. The molecule has 1 aliphatic carbocycles. The fourth-order valence-corrected chi connectivity index (χ4v) is 2.18. The van der Waals surface area contributed by atoms with Crippen molar-refractivity contribution in [1.29, 1.82) is 0 Å². The molecule has 1 aromatic rings. The Morgan fingerprint density at radius 1 is 1.29 bits per heavy atom. The molecule has 2 atom stereocenters. The summed E-state index contributed by atoms with van der Waals surface area (Å²) < 4.78 is 10.6. The van der Waals surface area contributed by atoms with Crippen LogP contribution in [0.2, 0.25) is 0 Å². The third kappa shape index (κ3) is 2.07. The van der Waals surface area contributed by atoms with E-state index in [0.717, 1.165) is 22.6 Å². The van der Waals surface area contributed by atoms with Gasteiger partial charge in [0.1, 0.15) is 11.5 Å². The summed E-state index contributed by atoms with van der Waals surface area (Å²) in [4.78, 5) is 10.9. The van der Waals surface area contributed by atoms with E-state index in [1.54, 1.807) is 14.2 Å². The Kier molecular flexibility index (Phi) is 2.96. The van der Waals surface area contributed by atoms with Crippen LogP contribution in [0, 0.1) is 12.8 Å². The van der Waals surface area contributed by atoms with Crippen molar-refractivity contribution in [3.63, 3.8) is 0 Å². The minimum absolute atomic E-state index is 0.0527. The largest absolute Gasteiger partial charge is 0.496 e. The maximum Gasteiger partial charge on any atom is 0.307 e. The van der Waals surface area contributed by atoms with Gasteiger partial charge in [-0.1, -0.05) is 0 Å². The van der Waals surface area contributed by atoms with Crippen LogP contribution in [0.4, 0.5) is 0 Å². The van der Waals surface area contributed by atoms with Gasteiger partial charge >= 0.3 is 5.97 Å². The molecule has 1 N–H and O–H groups in total. The van der Waals surface area contributed by atoms with Crippen molar-refractivity contribution in [1.82, 2.24) is 0 Å². The predicted molar refractivity (Wildman–Crippen MR) is 62.8 cm³/mol. The van der Waals surface area contributed by atoms with Gasteiger partial charge in [-0.15, -0.1) is 0 Å². The maximum absolute atomic E-state index is 10.9. The van der Waals surface area contributed by atoms with Crippen molar-refractivity contribution in [3.05, 3.63) is 23.3 Å². The highest BCUT2D eigenvalue weighted by atomic mass is 16.5. The van der Waals surface area contributed by atoms with E-state index in [4.69, 9.17) is 14.6 Å². The number of methoxy groups -OCH3 is 2. The Morgan fingerprint density at radius 2 is 1.94 bits per heavy atom. The SMILES string of the molecule is COc1cc(C2CC2C(=O)O)c(OC)cc1C. The molecule has 1 aliphatic rings. The Labute approximate surface area is 100 Å². The minimum Gasteiger partial charge on any atom is -0.496 e. The maximum atomic E-state index is 10.9. The normalized spacial score (nSPS) is 22.1. The van der Waals surface area contributed by atoms with E-state index in [2.05, 4.69) is 0 Å². The third-order valence-corrected chi connectivity index (χ3v) is 3.25. The predicted octanol–water partition coefficient (Wildman–Crippen LogP) is 2.20. The lowest BCUT2D eigenvalue weighted by Crippen LogP contribution is -2.01. The van der Waals surface area contributed by atoms with Crippen LogP contribution in [0.25, 0.3) is 0 Å². The van der Waals surface area contributed by atoms with Crippen molar-refractivity contribution in [2.45, 2.75) is 19.3 Å². The second-order valence-corrected chi connectivity index (χ2v) is 4.35. The van der Waals surface area contributed by atoms with Crippen LogP contribution in [-0.4, -0.2) is 25.3 Å². The second kappa shape index (κ2) is 4.28. The molecule has 0 spiro atoms. The molecule has 0 amide bonds. The molecular formula is C13H16O4. The van der Waals surface area contributed by atoms with Crippen molar-refractivity contribution in [2.24, 2.45) is 5.92 Å². The molecule has 0 saturated heterocycles. The van der Waals surface area contributed by atoms with E-state index < -0.39 is 5.97 Å². The third-order valence-electron chi connectivity index (χ3n) is 3.25. The minimum atomic E-state index is -0.739. The average Bonchev–Trinajstić information content (AvgIpc) is 3.08. The lowest BCUT2D eigenvalue weighted by atomic mass is 10.0. The Bertz CT molecular complexity index is 453. The van der Waals surface area contributed by atoms with Gasteiger partial charge in [-0.25, -0.2) is 0 Å². The van der Waals surface area contributed by atoms with Gasteiger partial charge in [0.25, 0.3) is 0 Å².